The fourth-order valence-electron chi connectivity index (χ4n) is 3.20. The molecule has 4 rings (SSSR count). The Labute approximate surface area is 124 Å². The minimum atomic E-state index is 0.329. The fourth-order valence-corrected chi connectivity index (χ4v) is 3.20. The molecule has 3 aromatic rings. The second-order valence-corrected chi connectivity index (χ2v) is 5.57. The predicted octanol–water partition coefficient (Wildman–Crippen LogP) is 4.12. The molecule has 0 radical (unpaired) electrons. The van der Waals surface area contributed by atoms with E-state index in [0.717, 1.165) is 23.0 Å². The summed E-state index contributed by atoms with van der Waals surface area (Å²) < 4.78 is 0. The second-order valence-electron chi connectivity index (χ2n) is 5.57. The first kappa shape index (κ1) is 12.3. The number of anilines is 1. The van der Waals surface area contributed by atoms with Gasteiger partial charge in [-0.15, -0.1) is 5.10 Å². The van der Waals surface area contributed by atoms with Crippen molar-refractivity contribution in [2.45, 2.75) is 25.3 Å². The van der Waals surface area contributed by atoms with Gasteiger partial charge in [-0.05, 0) is 30.4 Å². The lowest BCUT2D eigenvalue weighted by Gasteiger charge is -2.27. The molecule has 21 heavy (non-hydrogen) atoms. The highest BCUT2D eigenvalue weighted by molar-refractivity contribution is 5.91. The molecule has 0 saturated heterocycles. The Kier molecular flexibility index (Phi) is 3.03. The molecule has 1 aliphatic carbocycles. The lowest BCUT2D eigenvalue weighted by Crippen LogP contribution is -2.18. The smallest absolute Gasteiger partial charge is 0.157 e. The Morgan fingerprint density at radius 3 is 2.86 bits per heavy atom. The van der Waals surface area contributed by atoms with E-state index in [-0.39, 0.29) is 0 Å². The minimum absolute atomic E-state index is 0.329. The quantitative estimate of drug-likeness (QED) is 0.764. The van der Waals surface area contributed by atoms with Crippen molar-refractivity contribution in [3.63, 3.8) is 0 Å². The monoisotopic (exact) mass is 275 g/mol. The SMILES string of the molecule is c1ccc2c(c1)CCCC2Nc1nncc2ccccc12. The van der Waals surface area contributed by atoms with E-state index in [2.05, 4.69) is 51.9 Å². The van der Waals surface area contributed by atoms with Crippen molar-refractivity contribution in [2.24, 2.45) is 0 Å². The van der Waals surface area contributed by atoms with Crippen LogP contribution in [0.5, 0.6) is 0 Å². The Balaban J connectivity index is 1.73. The average Bonchev–Trinajstić information content (AvgIpc) is 2.56. The van der Waals surface area contributed by atoms with Crippen LogP contribution in [0.4, 0.5) is 5.82 Å². The molecule has 1 N–H and O–H groups in total. The van der Waals surface area contributed by atoms with Crippen molar-refractivity contribution in [1.82, 2.24) is 10.2 Å². The van der Waals surface area contributed by atoms with Crippen molar-refractivity contribution in [2.75, 3.05) is 5.32 Å². The van der Waals surface area contributed by atoms with Gasteiger partial charge in [0.25, 0.3) is 0 Å². The lowest BCUT2D eigenvalue weighted by molar-refractivity contribution is 0.598. The van der Waals surface area contributed by atoms with E-state index in [0.29, 0.717) is 6.04 Å². The average molecular weight is 275 g/mol. The number of aryl methyl sites for hydroxylation is 1. The minimum Gasteiger partial charge on any atom is -0.361 e. The zero-order valence-corrected chi connectivity index (χ0v) is 11.8. The van der Waals surface area contributed by atoms with Crippen molar-refractivity contribution in [3.8, 4) is 0 Å². The Hall–Kier alpha value is -2.42. The van der Waals surface area contributed by atoms with Crippen molar-refractivity contribution in [3.05, 3.63) is 65.9 Å². The summed E-state index contributed by atoms with van der Waals surface area (Å²) in [6.45, 7) is 0. The van der Waals surface area contributed by atoms with E-state index < -0.39 is 0 Å². The van der Waals surface area contributed by atoms with Crippen LogP contribution in [-0.2, 0) is 6.42 Å². The maximum Gasteiger partial charge on any atom is 0.157 e. The molecule has 1 aromatic heterocycles. The van der Waals surface area contributed by atoms with E-state index in [1.165, 1.54) is 24.0 Å². The summed E-state index contributed by atoms with van der Waals surface area (Å²) in [7, 11) is 0. The molecule has 2 aromatic carbocycles. The van der Waals surface area contributed by atoms with Gasteiger partial charge in [0, 0.05) is 10.8 Å². The van der Waals surface area contributed by atoms with E-state index in [1.807, 2.05) is 18.3 Å². The first-order valence-electron chi connectivity index (χ1n) is 7.46. The number of hydrogen-bond donors (Lipinski definition) is 1. The molecule has 0 amide bonds. The molecule has 3 heteroatoms. The van der Waals surface area contributed by atoms with Gasteiger partial charge in [-0.3, -0.25) is 0 Å². The largest absolute Gasteiger partial charge is 0.361 e. The standard InChI is InChI=1S/C18H17N3/c1-3-9-15-13(6-1)8-5-11-17(15)20-18-16-10-4-2-7-14(16)12-19-21-18/h1-4,6-7,9-10,12,17H,5,8,11H2,(H,20,21). The number of rotatable bonds is 2. The molecule has 0 bridgehead atoms. The maximum absolute atomic E-state index is 4.31. The molecule has 0 aliphatic heterocycles. The number of benzene rings is 2. The summed E-state index contributed by atoms with van der Waals surface area (Å²) in [6.07, 6.45) is 5.35. The number of nitrogens with zero attached hydrogens (tertiary/aromatic N) is 2. The number of nitrogens with one attached hydrogen (secondary N) is 1. The fraction of sp³-hybridized carbons (Fsp3) is 0.222. The summed E-state index contributed by atoms with van der Waals surface area (Å²) >= 11 is 0. The summed E-state index contributed by atoms with van der Waals surface area (Å²) in [5.41, 5.74) is 2.85. The molecule has 104 valence electrons. The Bertz CT molecular complexity index is 777. The summed E-state index contributed by atoms with van der Waals surface area (Å²) in [6, 6.07) is 17.3. The molecule has 1 atom stereocenters. The van der Waals surface area contributed by atoms with Gasteiger partial charge in [-0.25, -0.2) is 0 Å². The van der Waals surface area contributed by atoms with E-state index in [4.69, 9.17) is 0 Å². The normalized spacial score (nSPS) is 17.4. The first-order chi connectivity index (χ1) is 10.4. The van der Waals surface area contributed by atoms with Crippen LogP contribution in [0.2, 0.25) is 0 Å². The van der Waals surface area contributed by atoms with Gasteiger partial charge in [0.1, 0.15) is 0 Å². The third-order valence-electron chi connectivity index (χ3n) is 4.25. The molecule has 0 fully saturated rings. The van der Waals surface area contributed by atoms with Crippen LogP contribution in [0.15, 0.2) is 54.7 Å². The van der Waals surface area contributed by atoms with Gasteiger partial charge in [0.2, 0.25) is 0 Å². The Morgan fingerprint density at radius 2 is 1.86 bits per heavy atom. The lowest BCUT2D eigenvalue weighted by atomic mass is 9.88. The molecule has 1 aliphatic rings. The van der Waals surface area contributed by atoms with Crippen LogP contribution >= 0.6 is 0 Å². The third-order valence-corrected chi connectivity index (χ3v) is 4.25. The zero-order valence-electron chi connectivity index (χ0n) is 11.8. The highest BCUT2D eigenvalue weighted by atomic mass is 15.2. The number of fused-ring (bicyclic) bond motifs is 2. The van der Waals surface area contributed by atoms with Crippen LogP contribution in [0.1, 0.15) is 30.0 Å². The van der Waals surface area contributed by atoms with Crippen LogP contribution in [0.3, 0.4) is 0 Å². The van der Waals surface area contributed by atoms with Crippen molar-refractivity contribution in [1.29, 1.82) is 0 Å². The summed E-state index contributed by atoms with van der Waals surface area (Å²) in [5, 5.41) is 14.3. The molecule has 0 saturated carbocycles. The molecule has 1 heterocycles. The van der Waals surface area contributed by atoms with E-state index in [9.17, 15) is 0 Å². The summed E-state index contributed by atoms with van der Waals surface area (Å²) in [5.74, 6) is 0.884. The topological polar surface area (TPSA) is 37.8 Å². The molecule has 1 unspecified atom stereocenters. The van der Waals surface area contributed by atoms with Gasteiger partial charge in [-0.1, -0.05) is 48.5 Å². The Morgan fingerprint density at radius 1 is 1.00 bits per heavy atom. The van der Waals surface area contributed by atoms with Crippen molar-refractivity contribution < 1.29 is 0 Å². The van der Waals surface area contributed by atoms with Gasteiger partial charge >= 0.3 is 0 Å². The first-order valence-corrected chi connectivity index (χ1v) is 7.46. The molecular formula is C18H17N3. The van der Waals surface area contributed by atoms with Crippen LogP contribution in [0, 0.1) is 0 Å². The highest BCUT2D eigenvalue weighted by Crippen LogP contribution is 2.33. The molecule has 0 spiro atoms. The number of aromatic nitrogens is 2. The maximum atomic E-state index is 4.31. The summed E-state index contributed by atoms with van der Waals surface area (Å²) in [4.78, 5) is 0. The van der Waals surface area contributed by atoms with Crippen molar-refractivity contribution >= 4 is 16.6 Å². The van der Waals surface area contributed by atoms with Crippen LogP contribution in [0.25, 0.3) is 10.8 Å². The van der Waals surface area contributed by atoms with Crippen LogP contribution in [-0.4, -0.2) is 10.2 Å². The van der Waals surface area contributed by atoms with Gasteiger partial charge in [0.15, 0.2) is 5.82 Å². The predicted molar refractivity (Wildman–Crippen MR) is 85.3 cm³/mol. The van der Waals surface area contributed by atoms with E-state index >= 15 is 0 Å². The number of hydrogen-bond acceptors (Lipinski definition) is 3. The molecular weight excluding hydrogens is 258 g/mol. The molecule has 3 nitrogen and oxygen atoms in total. The van der Waals surface area contributed by atoms with Gasteiger partial charge in [0.05, 0.1) is 12.2 Å². The zero-order chi connectivity index (χ0) is 14.1. The van der Waals surface area contributed by atoms with Crippen LogP contribution < -0.4 is 5.32 Å². The third kappa shape index (κ3) is 2.25. The second kappa shape index (κ2) is 5.17. The highest BCUT2D eigenvalue weighted by Gasteiger charge is 2.20. The van der Waals surface area contributed by atoms with Gasteiger partial charge < -0.3 is 5.32 Å². The van der Waals surface area contributed by atoms with Gasteiger partial charge in [-0.2, -0.15) is 5.10 Å². The van der Waals surface area contributed by atoms with E-state index in [1.54, 1.807) is 0 Å².